The van der Waals surface area contributed by atoms with Gasteiger partial charge in [0.15, 0.2) is 0 Å². The molecular weight excluding hydrogens is 192 g/mol. The number of benzene rings is 1. The number of hydrogen-bond acceptors (Lipinski definition) is 2. The largest absolute Gasteiger partial charge is 0.389 e. The maximum atomic E-state index is 5.55. The summed E-state index contributed by atoms with van der Waals surface area (Å²) in [7, 11) is 0. The summed E-state index contributed by atoms with van der Waals surface area (Å²) in [5.41, 5.74) is 8.57. The third-order valence-electron chi connectivity index (χ3n) is 2.25. The van der Waals surface area contributed by atoms with Crippen LogP contribution < -0.4 is 5.73 Å². The van der Waals surface area contributed by atoms with Gasteiger partial charge in [0.2, 0.25) is 0 Å². The first-order valence-electron chi connectivity index (χ1n) is 4.33. The van der Waals surface area contributed by atoms with Gasteiger partial charge in [0.05, 0.1) is 5.52 Å². The van der Waals surface area contributed by atoms with E-state index >= 15 is 0 Å². The minimum atomic E-state index is 0.412. The zero-order valence-electron chi connectivity index (χ0n) is 7.82. The van der Waals surface area contributed by atoms with E-state index in [-0.39, 0.29) is 0 Å². The Bertz CT molecular complexity index is 506. The van der Waals surface area contributed by atoms with Crippen molar-refractivity contribution in [3.8, 4) is 0 Å². The molecule has 2 aromatic rings. The van der Waals surface area contributed by atoms with E-state index in [2.05, 4.69) is 11.9 Å². The Balaban J connectivity index is 2.73. The zero-order valence-corrected chi connectivity index (χ0v) is 8.64. The molecule has 0 fully saturated rings. The Morgan fingerprint density at radius 2 is 2.14 bits per heavy atom. The van der Waals surface area contributed by atoms with Crippen molar-refractivity contribution in [1.29, 1.82) is 0 Å². The lowest BCUT2D eigenvalue weighted by molar-refractivity contribution is 1.37. The minimum Gasteiger partial charge on any atom is -0.389 e. The number of aryl methyl sites for hydroxylation is 1. The van der Waals surface area contributed by atoms with Crippen LogP contribution in [0.25, 0.3) is 10.9 Å². The lowest BCUT2D eigenvalue weighted by Gasteiger charge is -2.03. The highest BCUT2D eigenvalue weighted by Gasteiger charge is 2.01. The van der Waals surface area contributed by atoms with Crippen molar-refractivity contribution in [2.24, 2.45) is 5.73 Å². The second-order valence-corrected chi connectivity index (χ2v) is 3.66. The van der Waals surface area contributed by atoms with Crippen LogP contribution in [0.3, 0.4) is 0 Å². The summed E-state index contributed by atoms with van der Waals surface area (Å²) in [5, 5.41) is 1.15. The van der Waals surface area contributed by atoms with E-state index in [1.54, 1.807) is 6.20 Å². The maximum absolute atomic E-state index is 5.55. The summed E-state index contributed by atoms with van der Waals surface area (Å²) < 4.78 is 0. The molecule has 14 heavy (non-hydrogen) atoms. The molecule has 1 aromatic carbocycles. The van der Waals surface area contributed by atoms with Gasteiger partial charge in [0.25, 0.3) is 0 Å². The molecule has 70 valence electrons. The molecule has 0 amide bonds. The Morgan fingerprint density at radius 1 is 1.36 bits per heavy atom. The van der Waals surface area contributed by atoms with Crippen LogP contribution in [0, 0.1) is 6.92 Å². The molecule has 0 aliphatic heterocycles. The molecule has 0 radical (unpaired) electrons. The number of nitrogens with two attached hydrogens (primary N) is 1. The van der Waals surface area contributed by atoms with E-state index < -0.39 is 0 Å². The van der Waals surface area contributed by atoms with E-state index in [1.165, 1.54) is 5.56 Å². The fourth-order valence-corrected chi connectivity index (χ4v) is 1.57. The molecule has 1 aromatic heterocycles. The van der Waals surface area contributed by atoms with Gasteiger partial charge in [0, 0.05) is 17.1 Å². The van der Waals surface area contributed by atoms with E-state index in [0.717, 1.165) is 16.5 Å². The molecule has 2 rings (SSSR count). The second kappa shape index (κ2) is 3.35. The van der Waals surface area contributed by atoms with Crippen molar-refractivity contribution in [2.75, 3.05) is 0 Å². The Morgan fingerprint density at radius 3 is 2.86 bits per heavy atom. The van der Waals surface area contributed by atoms with Crippen LogP contribution in [-0.4, -0.2) is 9.97 Å². The lowest BCUT2D eigenvalue weighted by atomic mass is 10.1. The van der Waals surface area contributed by atoms with Crippen LogP contribution in [0.1, 0.15) is 11.1 Å². The number of aromatic nitrogens is 1. The number of thiocarbonyl (C=S) groups is 1. The average molecular weight is 202 g/mol. The van der Waals surface area contributed by atoms with Crippen molar-refractivity contribution in [3.05, 3.63) is 41.6 Å². The Labute approximate surface area is 87.8 Å². The van der Waals surface area contributed by atoms with Crippen LogP contribution in [0.5, 0.6) is 0 Å². The molecule has 0 bridgehead atoms. The third-order valence-corrected chi connectivity index (χ3v) is 2.48. The van der Waals surface area contributed by atoms with Gasteiger partial charge in [-0.15, -0.1) is 0 Å². The van der Waals surface area contributed by atoms with E-state index in [9.17, 15) is 0 Å². The van der Waals surface area contributed by atoms with Gasteiger partial charge in [-0.3, -0.25) is 4.98 Å². The summed E-state index contributed by atoms with van der Waals surface area (Å²) in [6.07, 6.45) is 1.79. The third kappa shape index (κ3) is 1.46. The summed E-state index contributed by atoms with van der Waals surface area (Å²) >= 11 is 4.91. The normalized spacial score (nSPS) is 10.4. The van der Waals surface area contributed by atoms with Crippen molar-refractivity contribution >= 4 is 28.1 Å². The quantitative estimate of drug-likeness (QED) is 0.720. The molecule has 2 nitrogen and oxygen atoms in total. The van der Waals surface area contributed by atoms with Gasteiger partial charge in [-0.1, -0.05) is 24.4 Å². The van der Waals surface area contributed by atoms with Crippen molar-refractivity contribution in [2.45, 2.75) is 6.92 Å². The smallest absolute Gasteiger partial charge is 0.104 e. The minimum absolute atomic E-state index is 0.412. The molecule has 0 saturated heterocycles. The number of rotatable bonds is 1. The van der Waals surface area contributed by atoms with Crippen LogP contribution in [-0.2, 0) is 0 Å². The Hall–Kier alpha value is -1.48. The molecule has 0 aliphatic carbocycles. The molecule has 0 saturated carbocycles. The molecular formula is C11H10N2S. The van der Waals surface area contributed by atoms with Crippen molar-refractivity contribution < 1.29 is 0 Å². The number of fused-ring (bicyclic) bond motifs is 1. The topological polar surface area (TPSA) is 38.9 Å². The lowest BCUT2D eigenvalue weighted by Crippen LogP contribution is -2.08. The van der Waals surface area contributed by atoms with Gasteiger partial charge in [-0.05, 0) is 24.6 Å². The van der Waals surface area contributed by atoms with Gasteiger partial charge in [-0.2, -0.15) is 0 Å². The van der Waals surface area contributed by atoms with Gasteiger partial charge < -0.3 is 5.73 Å². The monoisotopic (exact) mass is 202 g/mol. The molecule has 0 unspecified atom stereocenters. The van der Waals surface area contributed by atoms with Crippen LogP contribution in [0.15, 0.2) is 30.5 Å². The molecule has 1 heterocycles. The van der Waals surface area contributed by atoms with E-state index in [4.69, 9.17) is 18.0 Å². The highest BCUT2D eigenvalue weighted by molar-refractivity contribution is 7.80. The summed E-state index contributed by atoms with van der Waals surface area (Å²) in [6.45, 7) is 2.06. The highest BCUT2D eigenvalue weighted by Crippen LogP contribution is 2.17. The first-order chi connectivity index (χ1) is 6.68. The predicted octanol–water partition coefficient (Wildman–Crippen LogP) is 2.18. The maximum Gasteiger partial charge on any atom is 0.104 e. The van der Waals surface area contributed by atoms with Crippen LogP contribution in [0.2, 0.25) is 0 Å². The highest BCUT2D eigenvalue weighted by atomic mass is 32.1. The molecule has 2 N–H and O–H groups in total. The van der Waals surface area contributed by atoms with E-state index in [1.807, 2.05) is 24.3 Å². The molecule has 0 atom stereocenters. The SMILES string of the molecule is Cc1ccnc2cc(C(N)=S)ccc12. The number of hydrogen-bond donors (Lipinski definition) is 1. The average Bonchev–Trinajstić information content (AvgIpc) is 2.17. The van der Waals surface area contributed by atoms with Crippen LogP contribution in [0.4, 0.5) is 0 Å². The molecule has 0 spiro atoms. The zero-order chi connectivity index (χ0) is 10.1. The van der Waals surface area contributed by atoms with Gasteiger partial charge >= 0.3 is 0 Å². The molecule has 3 heteroatoms. The van der Waals surface area contributed by atoms with Crippen molar-refractivity contribution in [1.82, 2.24) is 4.98 Å². The number of pyridine rings is 1. The first kappa shape index (κ1) is 9.09. The standard InChI is InChI=1S/C11H10N2S/c1-7-4-5-13-10-6-8(11(12)14)2-3-9(7)10/h2-6H,1H3,(H2,12,14). The van der Waals surface area contributed by atoms with Crippen LogP contribution >= 0.6 is 12.2 Å². The first-order valence-corrected chi connectivity index (χ1v) is 4.74. The van der Waals surface area contributed by atoms with Gasteiger partial charge in [-0.25, -0.2) is 0 Å². The number of nitrogens with zero attached hydrogens (tertiary/aromatic N) is 1. The Kier molecular flexibility index (Phi) is 2.17. The predicted molar refractivity (Wildman–Crippen MR) is 62.4 cm³/mol. The summed E-state index contributed by atoms with van der Waals surface area (Å²) in [4.78, 5) is 4.68. The van der Waals surface area contributed by atoms with Gasteiger partial charge in [0.1, 0.15) is 4.99 Å². The second-order valence-electron chi connectivity index (χ2n) is 3.22. The molecule has 0 aliphatic rings. The summed E-state index contributed by atoms with van der Waals surface area (Å²) in [6, 6.07) is 7.85. The van der Waals surface area contributed by atoms with E-state index in [0.29, 0.717) is 4.99 Å². The fourth-order valence-electron chi connectivity index (χ4n) is 1.44. The van der Waals surface area contributed by atoms with Crippen molar-refractivity contribution in [3.63, 3.8) is 0 Å². The fraction of sp³-hybridized carbons (Fsp3) is 0.0909. The summed E-state index contributed by atoms with van der Waals surface area (Å²) in [5.74, 6) is 0.